The number of aromatic nitrogens is 2. The zero-order chi connectivity index (χ0) is 23.3. The van der Waals surface area contributed by atoms with Crippen LogP contribution in [0.15, 0.2) is 51.9 Å². The number of sulfonamides is 1. The molecule has 0 fully saturated rings. The molecule has 0 aliphatic heterocycles. The van der Waals surface area contributed by atoms with E-state index in [0.29, 0.717) is 22.1 Å². The van der Waals surface area contributed by atoms with Crippen LogP contribution in [0.4, 0.5) is 0 Å². The molecule has 0 aliphatic rings. The van der Waals surface area contributed by atoms with Crippen LogP contribution >= 0.6 is 11.6 Å². The van der Waals surface area contributed by atoms with Crippen molar-refractivity contribution in [3.8, 4) is 22.9 Å². The fraction of sp³-hybridized carbons (Fsp3) is 0.250. The highest BCUT2D eigenvalue weighted by Crippen LogP contribution is 2.31. The van der Waals surface area contributed by atoms with Crippen LogP contribution in [-0.4, -0.2) is 56.6 Å². The molecule has 0 amide bonds. The van der Waals surface area contributed by atoms with E-state index in [0.717, 1.165) is 4.31 Å². The molecular weight excluding hydrogens is 462 g/mol. The molecule has 12 heteroatoms. The minimum absolute atomic E-state index is 0.00665. The Kier molecular flexibility index (Phi) is 7.33. The summed E-state index contributed by atoms with van der Waals surface area (Å²) < 4.78 is 46.6. The van der Waals surface area contributed by atoms with Crippen molar-refractivity contribution in [3.63, 3.8) is 0 Å². The van der Waals surface area contributed by atoms with Crippen LogP contribution in [0.1, 0.15) is 5.89 Å². The number of benzene rings is 2. The highest BCUT2D eigenvalue weighted by molar-refractivity contribution is 7.89. The number of carbonyl (C=O) groups excluding carboxylic acids is 1. The zero-order valence-electron chi connectivity index (χ0n) is 17.4. The normalized spacial score (nSPS) is 11.4. The third kappa shape index (κ3) is 5.36. The molecule has 32 heavy (non-hydrogen) atoms. The first-order chi connectivity index (χ1) is 15.2. The molecule has 0 unspecified atom stereocenters. The van der Waals surface area contributed by atoms with Gasteiger partial charge >= 0.3 is 5.97 Å². The van der Waals surface area contributed by atoms with Crippen LogP contribution in [0.25, 0.3) is 11.4 Å². The second kappa shape index (κ2) is 9.98. The predicted molar refractivity (Wildman–Crippen MR) is 114 cm³/mol. The number of ether oxygens (including phenoxy) is 3. The summed E-state index contributed by atoms with van der Waals surface area (Å²) in [5, 5.41) is 4.26. The van der Waals surface area contributed by atoms with E-state index in [9.17, 15) is 13.2 Å². The van der Waals surface area contributed by atoms with Gasteiger partial charge < -0.3 is 18.7 Å². The molecule has 10 nitrogen and oxygen atoms in total. The summed E-state index contributed by atoms with van der Waals surface area (Å²) in [6, 6.07) is 10.7. The Hall–Kier alpha value is -3.15. The molecule has 0 saturated carbocycles. The molecule has 1 heterocycles. The van der Waals surface area contributed by atoms with Crippen molar-refractivity contribution >= 4 is 27.6 Å². The largest absolute Gasteiger partial charge is 0.497 e. The fourth-order valence-corrected chi connectivity index (χ4v) is 3.89. The summed E-state index contributed by atoms with van der Waals surface area (Å²) in [5.41, 5.74) is 0.559. The molecule has 0 spiro atoms. The van der Waals surface area contributed by atoms with Crippen molar-refractivity contribution in [1.82, 2.24) is 14.4 Å². The lowest BCUT2D eigenvalue weighted by atomic mass is 10.2. The Labute approximate surface area is 189 Å². The summed E-state index contributed by atoms with van der Waals surface area (Å²) in [7, 11) is 0.420. The number of esters is 1. The lowest BCUT2D eigenvalue weighted by molar-refractivity contribution is -0.145. The van der Waals surface area contributed by atoms with Gasteiger partial charge in [-0.25, -0.2) is 8.42 Å². The Bertz CT molecular complexity index is 1200. The number of halogens is 1. The standard InChI is InChI=1S/C20H20ClN3O7S/c1-24(32(26,27)15-7-4-13(21)5-8-15)11-19(25)30-12-18-22-20(23-31-18)16-9-6-14(28-2)10-17(16)29-3/h4-10H,11-12H2,1-3H3. The Morgan fingerprint density at radius 3 is 2.50 bits per heavy atom. The Morgan fingerprint density at radius 1 is 1.12 bits per heavy atom. The summed E-state index contributed by atoms with van der Waals surface area (Å²) >= 11 is 5.78. The fourth-order valence-electron chi connectivity index (χ4n) is 2.65. The lowest BCUT2D eigenvalue weighted by Gasteiger charge is -2.16. The number of nitrogens with zero attached hydrogens (tertiary/aromatic N) is 3. The van der Waals surface area contributed by atoms with Gasteiger partial charge in [0.15, 0.2) is 6.61 Å². The first-order valence-corrected chi connectivity index (χ1v) is 11.0. The van der Waals surface area contributed by atoms with Gasteiger partial charge in [-0.15, -0.1) is 0 Å². The Morgan fingerprint density at radius 2 is 1.84 bits per heavy atom. The summed E-state index contributed by atoms with van der Waals surface area (Å²) in [6.07, 6.45) is 0. The minimum Gasteiger partial charge on any atom is -0.497 e. The molecule has 0 radical (unpaired) electrons. The van der Waals surface area contributed by atoms with E-state index < -0.39 is 22.5 Å². The van der Waals surface area contributed by atoms with E-state index in [2.05, 4.69) is 10.1 Å². The molecule has 3 rings (SSSR count). The van der Waals surface area contributed by atoms with E-state index in [4.69, 9.17) is 30.3 Å². The van der Waals surface area contributed by atoms with Crippen LogP contribution in [0.2, 0.25) is 5.02 Å². The van der Waals surface area contributed by atoms with Gasteiger partial charge in [0.1, 0.15) is 18.0 Å². The topological polar surface area (TPSA) is 121 Å². The first kappa shape index (κ1) is 23.5. The average molecular weight is 482 g/mol. The minimum atomic E-state index is -3.88. The van der Waals surface area contributed by atoms with Crippen LogP contribution < -0.4 is 9.47 Å². The monoisotopic (exact) mass is 481 g/mol. The number of methoxy groups -OCH3 is 2. The smallest absolute Gasteiger partial charge is 0.321 e. The highest BCUT2D eigenvalue weighted by atomic mass is 35.5. The first-order valence-electron chi connectivity index (χ1n) is 9.17. The van der Waals surface area contributed by atoms with Crippen molar-refractivity contribution in [2.75, 3.05) is 27.8 Å². The van der Waals surface area contributed by atoms with E-state index in [-0.39, 0.29) is 23.2 Å². The van der Waals surface area contributed by atoms with Gasteiger partial charge in [0.25, 0.3) is 5.89 Å². The Balaban J connectivity index is 1.61. The molecule has 170 valence electrons. The number of hydrogen-bond acceptors (Lipinski definition) is 9. The van der Waals surface area contributed by atoms with Crippen molar-refractivity contribution < 1.29 is 31.9 Å². The van der Waals surface area contributed by atoms with Crippen molar-refractivity contribution in [3.05, 3.63) is 53.4 Å². The van der Waals surface area contributed by atoms with Crippen molar-refractivity contribution in [1.29, 1.82) is 0 Å². The van der Waals surface area contributed by atoms with Gasteiger partial charge in [0.2, 0.25) is 15.8 Å². The number of rotatable bonds is 9. The second-order valence-corrected chi connectivity index (χ2v) is 8.93. The summed E-state index contributed by atoms with van der Waals surface area (Å²) in [5.74, 6) is 0.558. The van der Waals surface area contributed by atoms with Crippen LogP contribution in [0, 0.1) is 0 Å². The molecule has 0 bridgehead atoms. The van der Waals surface area contributed by atoms with Crippen LogP contribution in [-0.2, 0) is 26.2 Å². The van der Waals surface area contributed by atoms with Gasteiger partial charge in [-0.05, 0) is 36.4 Å². The summed E-state index contributed by atoms with van der Waals surface area (Å²) in [6.45, 7) is -0.822. The zero-order valence-corrected chi connectivity index (χ0v) is 19.0. The van der Waals surface area contributed by atoms with E-state index >= 15 is 0 Å². The van der Waals surface area contributed by atoms with E-state index in [1.54, 1.807) is 18.2 Å². The summed E-state index contributed by atoms with van der Waals surface area (Å²) in [4.78, 5) is 16.3. The van der Waals surface area contributed by atoms with Gasteiger partial charge in [-0.1, -0.05) is 16.8 Å². The quantitative estimate of drug-likeness (QED) is 0.424. The molecule has 0 N–H and O–H groups in total. The van der Waals surface area contributed by atoms with Gasteiger partial charge in [-0.3, -0.25) is 4.79 Å². The van der Waals surface area contributed by atoms with Crippen LogP contribution in [0.3, 0.4) is 0 Å². The molecule has 1 aromatic heterocycles. The number of carbonyl (C=O) groups is 1. The highest BCUT2D eigenvalue weighted by Gasteiger charge is 2.24. The average Bonchev–Trinajstić information content (AvgIpc) is 3.26. The van der Waals surface area contributed by atoms with Crippen molar-refractivity contribution in [2.24, 2.45) is 0 Å². The molecule has 3 aromatic rings. The number of likely N-dealkylation sites (N-methyl/N-ethyl adjacent to an activating group) is 1. The van der Waals surface area contributed by atoms with E-state index in [1.807, 2.05) is 0 Å². The third-order valence-corrected chi connectivity index (χ3v) is 6.42. The maximum absolute atomic E-state index is 12.5. The van der Waals surface area contributed by atoms with Gasteiger partial charge in [0, 0.05) is 18.1 Å². The predicted octanol–water partition coefficient (Wildman–Crippen LogP) is 2.77. The molecule has 0 saturated heterocycles. The molecule has 0 aliphatic carbocycles. The maximum Gasteiger partial charge on any atom is 0.321 e. The second-order valence-electron chi connectivity index (χ2n) is 6.45. The van der Waals surface area contributed by atoms with E-state index in [1.165, 1.54) is 45.5 Å². The van der Waals surface area contributed by atoms with Gasteiger partial charge in [0.05, 0.1) is 24.7 Å². The molecule has 0 atom stereocenters. The van der Waals surface area contributed by atoms with Crippen molar-refractivity contribution in [2.45, 2.75) is 11.5 Å². The SMILES string of the molecule is COc1ccc(-c2noc(COC(=O)CN(C)S(=O)(=O)c3ccc(Cl)cc3)n2)c(OC)c1. The molecule has 2 aromatic carbocycles. The van der Waals surface area contributed by atoms with Crippen LogP contribution in [0.5, 0.6) is 11.5 Å². The number of hydrogen-bond donors (Lipinski definition) is 0. The van der Waals surface area contributed by atoms with Gasteiger partial charge in [-0.2, -0.15) is 9.29 Å². The molecular formula is C20H20ClN3O7S. The third-order valence-electron chi connectivity index (χ3n) is 4.35. The maximum atomic E-state index is 12.5. The lowest BCUT2D eigenvalue weighted by Crippen LogP contribution is -2.33.